The Morgan fingerprint density at radius 1 is 1.36 bits per heavy atom. The van der Waals surface area contributed by atoms with Crippen LogP contribution in [0.15, 0.2) is 39.2 Å². The lowest BCUT2D eigenvalue weighted by atomic mass is 10.2. The van der Waals surface area contributed by atoms with Crippen molar-refractivity contribution in [2.75, 3.05) is 5.32 Å². The molecule has 0 spiro atoms. The third-order valence-corrected chi connectivity index (χ3v) is 6.07. The maximum atomic E-state index is 12.2. The van der Waals surface area contributed by atoms with E-state index in [1.54, 1.807) is 6.07 Å². The van der Waals surface area contributed by atoms with Gasteiger partial charge in [-0.3, -0.25) is 10.1 Å². The Kier molecular flexibility index (Phi) is 4.74. The zero-order chi connectivity index (χ0) is 17.2. The van der Waals surface area contributed by atoms with E-state index in [-0.39, 0.29) is 11.6 Å². The van der Waals surface area contributed by atoms with E-state index in [1.807, 2.05) is 24.3 Å². The van der Waals surface area contributed by atoms with Gasteiger partial charge in [0.15, 0.2) is 10.0 Å². The Hall–Kier alpha value is -1.90. The number of anilines is 1. The van der Waals surface area contributed by atoms with Crippen LogP contribution in [0.1, 0.15) is 40.6 Å². The molecule has 3 aromatic rings. The summed E-state index contributed by atoms with van der Waals surface area (Å²) in [6.45, 7) is 0. The average Bonchev–Trinajstić information content (AvgIpc) is 3.17. The highest BCUT2D eigenvalue weighted by molar-refractivity contribution is 8.00. The summed E-state index contributed by atoms with van der Waals surface area (Å²) in [7, 11) is 0. The van der Waals surface area contributed by atoms with E-state index >= 15 is 0 Å². The predicted molar refractivity (Wildman–Crippen MR) is 97.4 cm³/mol. The maximum absolute atomic E-state index is 12.2. The molecule has 0 atom stereocenters. The van der Waals surface area contributed by atoms with Crippen molar-refractivity contribution >= 4 is 45.7 Å². The molecule has 1 amide bonds. The second-order valence-corrected chi connectivity index (χ2v) is 8.20. The summed E-state index contributed by atoms with van der Waals surface area (Å²) in [6.07, 6.45) is 2.19. The molecule has 2 aromatic heterocycles. The Balaban J connectivity index is 1.35. The lowest BCUT2D eigenvalue weighted by Gasteiger charge is -2.00. The van der Waals surface area contributed by atoms with Gasteiger partial charge in [0.25, 0.3) is 5.91 Å². The minimum absolute atomic E-state index is 0.266. The van der Waals surface area contributed by atoms with Crippen LogP contribution in [0, 0.1) is 0 Å². The second kappa shape index (κ2) is 7.15. The topological polar surface area (TPSA) is 80.9 Å². The minimum Gasteiger partial charge on any atom is -0.360 e. The van der Waals surface area contributed by atoms with E-state index in [0.717, 1.165) is 33.5 Å². The number of aromatic nitrogens is 3. The third-order valence-electron chi connectivity index (χ3n) is 3.68. The summed E-state index contributed by atoms with van der Waals surface area (Å²) >= 11 is 8.98. The number of amides is 1. The Labute approximate surface area is 157 Å². The van der Waals surface area contributed by atoms with Crippen molar-refractivity contribution in [3.8, 4) is 0 Å². The molecular formula is C16H13ClN4O2S2. The first-order chi connectivity index (χ1) is 12.2. The van der Waals surface area contributed by atoms with Gasteiger partial charge in [-0.1, -0.05) is 58.1 Å². The zero-order valence-electron chi connectivity index (χ0n) is 12.9. The fraction of sp³-hybridized carbons (Fsp3) is 0.250. The minimum atomic E-state index is -0.338. The number of thioether (sulfide) groups is 1. The van der Waals surface area contributed by atoms with Crippen LogP contribution in [0.2, 0.25) is 5.02 Å². The van der Waals surface area contributed by atoms with Crippen LogP contribution >= 0.6 is 34.7 Å². The molecule has 1 aliphatic carbocycles. The van der Waals surface area contributed by atoms with Gasteiger partial charge < -0.3 is 4.52 Å². The van der Waals surface area contributed by atoms with Crippen LogP contribution in [0.3, 0.4) is 0 Å². The lowest BCUT2D eigenvalue weighted by molar-refractivity contribution is 0.101. The van der Waals surface area contributed by atoms with Crippen molar-refractivity contribution in [1.82, 2.24) is 15.4 Å². The van der Waals surface area contributed by atoms with Crippen molar-refractivity contribution in [3.63, 3.8) is 0 Å². The van der Waals surface area contributed by atoms with E-state index in [9.17, 15) is 4.79 Å². The van der Waals surface area contributed by atoms with Gasteiger partial charge in [0.05, 0.1) is 0 Å². The van der Waals surface area contributed by atoms with E-state index in [2.05, 4.69) is 20.7 Å². The molecule has 0 unspecified atom stereocenters. The van der Waals surface area contributed by atoms with E-state index in [4.69, 9.17) is 16.1 Å². The van der Waals surface area contributed by atoms with Crippen molar-refractivity contribution in [2.24, 2.45) is 0 Å². The van der Waals surface area contributed by atoms with Crippen LogP contribution in [0.5, 0.6) is 0 Å². The summed E-state index contributed by atoms with van der Waals surface area (Å²) in [5.74, 6) is 1.55. The number of carbonyl (C=O) groups excluding carboxylic acids is 1. The molecule has 0 saturated heterocycles. The van der Waals surface area contributed by atoms with Crippen molar-refractivity contribution in [3.05, 3.63) is 52.4 Å². The van der Waals surface area contributed by atoms with Gasteiger partial charge >= 0.3 is 0 Å². The Morgan fingerprint density at radius 2 is 2.20 bits per heavy atom. The molecule has 0 radical (unpaired) electrons. The van der Waals surface area contributed by atoms with Crippen LogP contribution in [-0.4, -0.2) is 21.3 Å². The Morgan fingerprint density at radius 3 is 3.00 bits per heavy atom. The number of hydrogen-bond donors (Lipinski definition) is 1. The molecule has 1 aromatic carbocycles. The van der Waals surface area contributed by atoms with Crippen LogP contribution < -0.4 is 5.32 Å². The molecule has 1 aliphatic rings. The number of hydrogen-bond acceptors (Lipinski definition) is 7. The fourth-order valence-electron chi connectivity index (χ4n) is 2.19. The first-order valence-corrected chi connectivity index (χ1v) is 9.85. The summed E-state index contributed by atoms with van der Waals surface area (Å²) < 4.78 is 5.95. The first kappa shape index (κ1) is 16.6. The van der Waals surface area contributed by atoms with Crippen LogP contribution in [0.25, 0.3) is 0 Å². The lowest BCUT2D eigenvalue weighted by Crippen LogP contribution is -2.11. The molecule has 25 heavy (non-hydrogen) atoms. The molecule has 2 heterocycles. The second-order valence-electron chi connectivity index (χ2n) is 5.60. The molecular weight excluding hydrogens is 380 g/mol. The number of carbonyl (C=O) groups is 1. The smallest absolute Gasteiger partial charge is 0.279 e. The molecule has 6 nitrogen and oxygen atoms in total. The summed E-state index contributed by atoms with van der Waals surface area (Å²) in [5, 5.41) is 15.8. The molecule has 4 rings (SSSR count). The number of nitrogens with zero attached hydrogens (tertiary/aromatic N) is 3. The van der Waals surface area contributed by atoms with Crippen LogP contribution in [0.4, 0.5) is 5.13 Å². The SMILES string of the molecule is O=C(Nc1nnc(SCc2ccccc2Cl)s1)c1cc(C2CC2)on1. The maximum Gasteiger partial charge on any atom is 0.279 e. The van der Waals surface area contributed by atoms with Gasteiger partial charge in [0.2, 0.25) is 5.13 Å². The zero-order valence-corrected chi connectivity index (χ0v) is 15.3. The van der Waals surface area contributed by atoms with Crippen molar-refractivity contribution in [2.45, 2.75) is 28.9 Å². The van der Waals surface area contributed by atoms with Crippen molar-refractivity contribution in [1.29, 1.82) is 0 Å². The number of halogens is 1. The third kappa shape index (κ3) is 4.02. The highest BCUT2D eigenvalue weighted by Crippen LogP contribution is 2.40. The molecule has 128 valence electrons. The quantitative estimate of drug-likeness (QED) is 0.487. The standard InChI is InChI=1S/C16H13ClN4O2S2/c17-11-4-2-1-3-10(11)8-24-16-20-19-15(25-16)18-14(22)12-7-13(23-21-12)9-5-6-9/h1-4,7,9H,5-6,8H2,(H,18,19,22). The Bertz CT molecular complexity index is 907. The number of benzene rings is 1. The number of rotatable bonds is 6. The number of nitrogens with one attached hydrogen (secondary N) is 1. The summed E-state index contributed by atoms with van der Waals surface area (Å²) in [6, 6.07) is 9.37. The van der Waals surface area contributed by atoms with Gasteiger partial charge in [-0.2, -0.15) is 0 Å². The van der Waals surface area contributed by atoms with Gasteiger partial charge in [-0.25, -0.2) is 0 Å². The van der Waals surface area contributed by atoms with E-state index < -0.39 is 0 Å². The highest BCUT2D eigenvalue weighted by atomic mass is 35.5. The van der Waals surface area contributed by atoms with Crippen molar-refractivity contribution < 1.29 is 9.32 Å². The van der Waals surface area contributed by atoms with Gasteiger partial charge in [0.1, 0.15) is 5.76 Å². The fourth-order valence-corrected chi connectivity index (χ4v) is 4.22. The van der Waals surface area contributed by atoms with Crippen LogP contribution in [-0.2, 0) is 5.75 Å². The summed E-state index contributed by atoms with van der Waals surface area (Å²) in [4.78, 5) is 12.2. The first-order valence-electron chi connectivity index (χ1n) is 7.67. The normalized spacial score (nSPS) is 13.8. The van der Waals surface area contributed by atoms with Gasteiger partial charge in [-0.05, 0) is 24.5 Å². The summed E-state index contributed by atoms with van der Waals surface area (Å²) in [5.41, 5.74) is 1.30. The molecule has 0 bridgehead atoms. The average molecular weight is 393 g/mol. The largest absolute Gasteiger partial charge is 0.360 e. The highest BCUT2D eigenvalue weighted by Gasteiger charge is 2.29. The van der Waals surface area contributed by atoms with E-state index in [0.29, 0.717) is 16.8 Å². The van der Waals surface area contributed by atoms with Gasteiger partial charge in [0, 0.05) is 22.8 Å². The molecule has 9 heteroatoms. The molecule has 0 aliphatic heterocycles. The molecule has 1 fully saturated rings. The van der Waals surface area contributed by atoms with E-state index in [1.165, 1.54) is 23.1 Å². The van der Waals surface area contributed by atoms with Gasteiger partial charge in [-0.15, -0.1) is 10.2 Å². The molecule has 1 saturated carbocycles. The predicted octanol–water partition coefficient (Wildman–Crippen LogP) is 4.60. The monoisotopic (exact) mass is 392 g/mol. The molecule has 1 N–H and O–H groups in total.